The number of unbranched alkanes of at least 4 members (excludes halogenated alkanes) is 1. The number of anilines is 1. The zero-order valence-corrected chi connectivity index (χ0v) is 15.7. The molecule has 1 fully saturated rings. The van der Waals surface area contributed by atoms with E-state index in [2.05, 4.69) is 14.8 Å². The molecule has 0 amide bonds. The lowest BCUT2D eigenvalue weighted by Gasteiger charge is -2.36. The van der Waals surface area contributed by atoms with Crippen LogP contribution in [0.4, 0.5) is 10.1 Å². The summed E-state index contributed by atoms with van der Waals surface area (Å²) in [5.74, 6) is -0.106. The summed E-state index contributed by atoms with van der Waals surface area (Å²) in [5.41, 5.74) is 2.35. The van der Waals surface area contributed by atoms with Gasteiger partial charge in [-0.15, -0.1) is 0 Å². The zero-order valence-electron chi connectivity index (χ0n) is 15.7. The van der Waals surface area contributed by atoms with Crippen LogP contribution in [0.25, 0.3) is 11.1 Å². The Kier molecular flexibility index (Phi) is 5.62. The lowest BCUT2D eigenvalue weighted by molar-refractivity contribution is 0.238. The number of H-pyrrole nitrogens is 1. The minimum atomic E-state index is -0.415. The van der Waals surface area contributed by atoms with Gasteiger partial charge in [0.1, 0.15) is 11.6 Å². The van der Waals surface area contributed by atoms with Crippen LogP contribution in [-0.4, -0.2) is 49.2 Å². The first-order valence-corrected chi connectivity index (χ1v) is 9.66. The van der Waals surface area contributed by atoms with Crippen LogP contribution in [0.2, 0.25) is 0 Å². The SMILES string of the molecule is O=c1[nH]c2cccc(N3CCN(CCCCOc4cccc(F)c4)CC3)c2o1. The van der Waals surface area contributed by atoms with Gasteiger partial charge in [-0.2, -0.15) is 0 Å². The summed E-state index contributed by atoms with van der Waals surface area (Å²) in [4.78, 5) is 18.9. The molecule has 0 spiro atoms. The van der Waals surface area contributed by atoms with Gasteiger partial charge in [0.2, 0.25) is 0 Å². The number of aromatic nitrogens is 1. The van der Waals surface area contributed by atoms with Crippen molar-refractivity contribution >= 4 is 16.8 Å². The fraction of sp³-hybridized carbons (Fsp3) is 0.381. The van der Waals surface area contributed by atoms with Crippen molar-refractivity contribution in [3.05, 3.63) is 58.8 Å². The van der Waals surface area contributed by atoms with Gasteiger partial charge in [0.15, 0.2) is 5.58 Å². The third-order valence-corrected chi connectivity index (χ3v) is 5.07. The van der Waals surface area contributed by atoms with E-state index in [1.807, 2.05) is 18.2 Å². The predicted molar refractivity (Wildman–Crippen MR) is 107 cm³/mol. The summed E-state index contributed by atoms with van der Waals surface area (Å²) in [5, 5.41) is 0. The summed E-state index contributed by atoms with van der Waals surface area (Å²) < 4.78 is 24.0. The summed E-state index contributed by atoms with van der Waals surface area (Å²) in [6.45, 7) is 5.34. The Morgan fingerprint density at radius 3 is 2.71 bits per heavy atom. The van der Waals surface area contributed by atoms with Gasteiger partial charge in [-0.05, 0) is 43.7 Å². The van der Waals surface area contributed by atoms with Crippen molar-refractivity contribution in [3.8, 4) is 5.75 Å². The molecule has 28 heavy (non-hydrogen) atoms. The highest BCUT2D eigenvalue weighted by atomic mass is 19.1. The summed E-state index contributed by atoms with van der Waals surface area (Å²) >= 11 is 0. The van der Waals surface area contributed by atoms with Crippen molar-refractivity contribution in [1.82, 2.24) is 9.88 Å². The van der Waals surface area contributed by atoms with Crippen LogP contribution in [-0.2, 0) is 0 Å². The Hall–Kier alpha value is -2.80. The topological polar surface area (TPSA) is 61.7 Å². The third kappa shape index (κ3) is 4.36. The molecular formula is C21H24FN3O3. The van der Waals surface area contributed by atoms with E-state index in [9.17, 15) is 9.18 Å². The quantitative estimate of drug-likeness (QED) is 0.633. The number of aromatic amines is 1. The maximum atomic E-state index is 13.1. The first kappa shape index (κ1) is 18.6. The first-order valence-electron chi connectivity index (χ1n) is 9.66. The second kappa shape index (κ2) is 8.48. The number of oxazole rings is 1. The Morgan fingerprint density at radius 1 is 1.07 bits per heavy atom. The van der Waals surface area contributed by atoms with Crippen LogP contribution in [0.3, 0.4) is 0 Å². The van der Waals surface area contributed by atoms with Gasteiger partial charge in [0.05, 0.1) is 17.8 Å². The average molecular weight is 385 g/mol. The molecule has 2 aromatic carbocycles. The van der Waals surface area contributed by atoms with Crippen molar-refractivity contribution in [3.63, 3.8) is 0 Å². The molecule has 4 rings (SSSR count). The van der Waals surface area contributed by atoms with Crippen LogP contribution < -0.4 is 15.4 Å². The molecule has 0 aliphatic carbocycles. The fourth-order valence-electron chi connectivity index (χ4n) is 3.60. The first-order chi connectivity index (χ1) is 13.7. The minimum absolute atomic E-state index is 0.273. The molecule has 1 aromatic heterocycles. The van der Waals surface area contributed by atoms with E-state index in [4.69, 9.17) is 9.15 Å². The number of nitrogens with zero attached hydrogens (tertiary/aromatic N) is 2. The Labute approximate surface area is 162 Å². The number of hydrogen-bond acceptors (Lipinski definition) is 5. The molecule has 0 unspecified atom stereocenters. The number of ether oxygens (including phenoxy) is 1. The third-order valence-electron chi connectivity index (χ3n) is 5.07. The van der Waals surface area contributed by atoms with Crippen LogP contribution >= 0.6 is 0 Å². The summed E-state index contributed by atoms with van der Waals surface area (Å²) in [6, 6.07) is 12.0. The highest BCUT2D eigenvalue weighted by molar-refractivity contribution is 5.86. The maximum Gasteiger partial charge on any atom is 0.417 e. The number of para-hydroxylation sites is 1. The molecule has 1 N–H and O–H groups in total. The van der Waals surface area contributed by atoms with Crippen LogP contribution in [0, 0.1) is 5.82 Å². The number of halogens is 1. The van der Waals surface area contributed by atoms with E-state index in [1.165, 1.54) is 12.1 Å². The number of nitrogens with one attached hydrogen (secondary N) is 1. The van der Waals surface area contributed by atoms with Crippen molar-refractivity contribution in [2.24, 2.45) is 0 Å². The van der Waals surface area contributed by atoms with E-state index >= 15 is 0 Å². The fourth-order valence-corrected chi connectivity index (χ4v) is 3.60. The van der Waals surface area contributed by atoms with Crippen molar-refractivity contribution < 1.29 is 13.5 Å². The highest BCUT2D eigenvalue weighted by Crippen LogP contribution is 2.25. The minimum Gasteiger partial charge on any atom is -0.493 e. The van der Waals surface area contributed by atoms with Crippen molar-refractivity contribution in [2.75, 3.05) is 44.2 Å². The van der Waals surface area contributed by atoms with Gasteiger partial charge >= 0.3 is 5.76 Å². The van der Waals surface area contributed by atoms with Crippen LogP contribution in [0.5, 0.6) is 5.75 Å². The summed E-state index contributed by atoms with van der Waals surface area (Å²) in [7, 11) is 0. The smallest absolute Gasteiger partial charge is 0.417 e. The lowest BCUT2D eigenvalue weighted by Crippen LogP contribution is -2.46. The van der Waals surface area contributed by atoms with Gasteiger partial charge in [-0.25, -0.2) is 9.18 Å². The van der Waals surface area contributed by atoms with Gasteiger partial charge in [-0.1, -0.05) is 12.1 Å². The normalized spacial score (nSPS) is 15.2. The number of rotatable bonds is 7. The molecule has 1 aliphatic heterocycles. The maximum absolute atomic E-state index is 13.1. The Bertz CT molecular complexity index is 976. The molecule has 0 radical (unpaired) electrons. The molecule has 1 aliphatic rings. The number of fused-ring (bicyclic) bond motifs is 1. The molecule has 6 nitrogen and oxygen atoms in total. The zero-order chi connectivity index (χ0) is 19.3. The second-order valence-corrected chi connectivity index (χ2v) is 7.01. The largest absolute Gasteiger partial charge is 0.493 e. The second-order valence-electron chi connectivity index (χ2n) is 7.01. The molecular weight excluding hydrogens is 361 g/mol. The van der Waals surface area contributed by atoms with Gasteiger partial charge in [0.25, 0.3) is 0 Å². The van der Waals surface area contributed by atoms with Gasteiger partial charge in [-0.3, -0.25) is 9.88 Å². The van der Waals surface area contributed by atoms with E-state index in [-0.39, 0.29) is 5.82 Å². The molecule has 0 saturated carbocycles. The molecule has 148 valence electrons. The molecule has 1 saturated heterocycles. The molecule has 3 aromatic rings. The Balaban J connectivity index is 1.21. The van der Waals surface area contributed by atoms with Crippen LogP contribution in [0.15, 0.2) is 51.7 Å². The van der Waals surface area contributed by atoms with E-state index in [0.717, 1.165) is 56.8 Å². The van der Waals surface area contributed by atoms with Crippen molar-refractivity contribution in [2.45, 2.75) is 12.8 Å². The van der Waals surface area contributed by atoms with E-state index in [0.29, 0.717) is 17.9 Å². The van der Waals surface area contributed by atoms with Crippen LogP contribution in [0.1, 0.15) is 12.8 Å². The molecule has 0 bridgehead atoms. The van der Waals surface area contributed by atoms with Gasteiger partial charge in [0, 0.05) is 32.2 Å². The highest BCUT2D eigenvalue weighted by Gasteiger charge is 2.20. The predicted octanol–water partition coefficient (Wildman–Crippen LogP) is 3.24. The number of benzene rings is 2. The molecule has 7 heteroatoms. The monoisotopic (exact) mass is 385 g/mol. The molecule has 2 heterocycles. The number of hydrogen-bond donors (Lipinski definition) is 1. The molecule has 0 atom stereocenters. The van der Waals surface area contributed by atoms with E-state index < -0.39 is 5.76 Å². The lowest BCUT2D eigenvalue weighted by atomic mass is 10.2. The average Bonchev–Trinajstić information content (AvgIpc) is 3.08. The van der Waals surface area contributed by atoms with Gasteiger partial charge < -0.3 is 14.1 Å². The van der Waals surface area contributed by atoms with E-state index in [1.54, 1.807) is 12.1 Å². The number of piperazine rings is 1. The van der Waals surface area contributed by atoms with Crippen molar-refractivity contribution in [1.29, 1.82) is 0 Å². The summed E-state index contributed by atoms with van der Waals surface area (Å²) in [6.07, 6.45) is 1.97. The standard InChI is InChI=1S/C21H24FN3O3/c22-16-5-3-6-17(15-16)27-14-2-1-9-24-10-12-25(13-11-24)19-8-4-7-18-20(19)28-21(26)23-18/h3-8,15H,1-2,9-14H2,(H,23,26). The Morgan fingerprint density at radius 2 is 1.89 bits per heavy atom.